The summed E-state index contributed by atoms with van der Waals surface area (Å²) in [5.41, 5.74) is 5.51. The maximum atomic E-state index is 11.2. The van der Waals surface area contributed by atoms with E-state index in [0.29, 0.717) is 24.0 Å². The van der Waals surface area contributed by atoms with Crippen molar-refractivity contribution in [3.05, 3.63) is 28.8 Å². The van der Waals surface area contributed by atoms with Crippen LogP contribution in [0.25, 0.3) is 0 Å². The number of nitrogens with two attached hydrogens (primary N) is 1. The van der Waals surface area contributed by atoms with E-state index in [1.807, 2.05) is 13.8 Å². The molecule has 1 aromatic carbocycles. The molecular formula is C12H16ClNO3. The van der Waals surface area contributed by atoms with Crippen LogP contribution in [0.5, 0.6) is 5.75 Å². The molecule has 4 nitrogen and oxygen atoms in total. The first-order valence-corrected chi connectivity index (χ1v) is 5.72. The average Bonchev–Trinajstić information content (AvgIpc) is 2.25. The second-order valence-electron chi connectivity index (χ2n) is 3.77. The van der Waals surface area contributed by atoms with Crippen molar-refractivity contribution >= 4 is 17.5 Å². The molecule has 0 saturated heterocycles. The molecule has 0 heterocycles. The molecule has 0 atom stereocenters. The van der Waals surface area contributed by atoms with E-state index in [2.05, 4.69) is 0 Å². The number of ether oxygens (including phenoxy) is 2. The number of carbonyl (C=O) groups is 1. The van der Waals surface area contributed by atoms with Crippen LogP contribution in [-0.4, -0.2) is 25.2 Å². The van der Waals surface area contributed by atoms with E-state index in [-0.39, 0.29) is 11.7 Å². The highest BCUT2D eigenvalue weighted by Crippen LogP contribution is 2.22. The quantitative estimate of drug-likeness (QED) is 0.795. The number of hydrogen-bond donors (Lipinski definition) is 1. The van der Waals surface area contributed by atoms with E-state index in [1.54, 1.807) is 12.1 Å². The molecule has 0 spiro atoms. The predicted molar refractivity (Wildman–Crippen MR) is 66.6 cm³/mol. The molecule has 0 fully saturated rings. The topological polar surface area (TPSA) is 61.6 Å². The van der Waals surface area contributed by atoms with Gasteiger partial charge in [0, 0.05) is 5.02 Å². The highest BCUT2D eigenvalue weighted by atomic mass is 35.5. The highest BCUT2D eigenvalue weighted by Gasteiger charge is 2.10. The molecule has 0 unspecified atom stereocenters. The maximum Gasteiger partial charge on any atom is 0.252 e. The Morgan fingerprint density at radius 1 is 1.41 bits per heavy atom. The summed E-state index contributed by atoms with van der Waals surface area (Å²) < 4.78 is 10.7. The Morgan fingerprint density at radius 3 is 2.71 bits per heavy atom. The van der Waals surface area contributed by atoms with Crippen molar-refractivity contribution in [2.24, 2.45) is 5.73 Å². The summed E-state index contributed by atoms with van der Waals surface area (Å²) in [7, 11) is 0. The van der Waals surface area contributed by atoms with Gasteiger partial charge >= 0.3 is 0 Å². The lowest BCUT2D eigenvalue weighted by Crippen LogP contribution is -2.16. The summed E-state index contributed by atoms with van der Waals surface area (Å²) in [4.78, 5) is 11.2. The molecule has 2 N–H and O–H groups in total. The minimum absolute atomic E-state index is 0.152. The zero-order chi connectivity index (χ0) is 12.8. The van der Waals surface area contributed by atoms with Gasteiger partial charge in [-0.05, 0) is 32.0 Å². The number of rotatable bonds is 6. The maximum absolute atomic E-state index is 11.2. The fourth-order valence-corrected chi connectivity index (χ4v) is 1.43. The fourth-order valence-electron chi connectivity index (χ4n) is 1.26. The number of primary amides is 1. The van der Waals surface area contributed by atoms with E-state index in [4.69, 9.17) is 26.8 Å². The number of benzene rings is 1. The average molecular weight is 258 g/mol. The Balaban J connectivity index is 2.61. The van der Waals surface area contributed by atoms with Crippen molar-refractivity contribution < 1.29 is 14.3 Å². The molecule has 17 heavy (non-hydrogen) atoms. The van der Waals surface area contributed by atoms with Crippen LogP contribution in [-0.2, 0) is 4.74 Å². The predicted octanol–water partition coefficient (Wildman–Crippen LogP) is 2.24. The van der Waals surface area contributed by atoms with Gasteiger partial charge in [0.05, 0.1) is 18.3 Å². The molecule has 5 heteroatoms. The van der Waals surface area contributed by atoms with Crippen LogP contribution in [0.4, 0.5) is 0 Å². The summed E-state index contributed by atoms with van der Waals surface area (Å²) in [6.07, 6.45) is 0.152. The van der Waals surface area contributed by atoms with Crippen molar-refractivity contribution in [2.75, 3.05) is 13.2 Å². The van der Waals surface area contributed by atoms with Crippen LogP contribution >= 0.6 is 11.6 Å². The standard InChI is InChI=1S/C12H16ClNO3/c1-8(2)16-5-6-17-11-4-3-9(13)7-10(11)12(14)15/h3-4,7-8H,5-6H2,1-2H3,(H2,14,15). The normalized spacial score (nSPS) is 10.6. The largest absolute Gasteiger partial charge is 0.490 e. The van der Waals surface area contributed by atoms with Crippen molar-refractivity contribution in [3.63, 3.8) is 0 Å². The molecule has 1 rings (SSSR count). The minimum atomic E-state index is -0.563. The fraction of sp³-hybridized carbons (Fsp3) is 0.417. The van der Waals surface area contributed by atoms with Gasteiger partial charge < -0.3 is 15.2 Å². The Labute approximate surface area is 106 Å². The van der Waals surface area contributed by atoms with Gasteiger partial charge in [-0.2, -0.15) is 0 Å². The summed E-state index contributed by atoms with van der Waals surface area (Å²) in [5.74, 6) is -0.137. The van der Waals surface area contributed by atoms with Gasteiger partial charge in [-0.25, -0.2) is 0 Å². The lowest BCUT2D eigenvalue weighted by molar-refractivity contribution is 0.0549. The zero-order valence-electron chi connectivity index (χ0n) is 9.90. The Morgan fingerprint density at radius 2 is 2.12 bits per heavy atom. The third kappa shape index (κ3) is 4.63. The molecule has 0 bridgehead atoms. The SMILES string of the molecule is CC(C)OCCOc1ccc(Cl)cc1C(N)=O. The number of hydrogen-bond acceptors (Lipinski definition) is 3. The first kappa shape index (κ1) is 13.8. The van der Waals surface area contributed by atoms with E-state index < -0.39 is 5.91 Å². The molecule has 94 valence electrons. The van der Waals surface area contributed by atoms with Crippen LogP contribution in [0.3, 0.4) is 0 Å². The van der Waals surface area contributed by atoms with Crippen molar-refractivity contribution in [2.45, 2.75) is 20.0 Å². The van der Waals surface area contributed by atoms with Gasteiger partial charge in [0.25, 0.3) is 5.91 Å². The molecule has 0 aliphatic rings. The van der Waals surface area contributed by atoms with Gasteiger partial charge in [-0.3, -0.25) is 4.79 Å². The summed E-state index contributed by atoms with van der Waals surface area (Å²) >= 11 is 5.78. The van der Waals surface area contributed by atoms with Crippen LogP contribution in [0, 0.1) is 0 Å². The van der Waals surface area contributed by atoms with E-state index >= 15 is 0 Å². The molecular weight excluding hydrogens is 242 g/mol. The molecule has 0 saturated carbocycles. The van der Waals surface area contributed by atoms with Gasteiger partial charge in [-0.1, -0.05) is 11.6 Å². The highest BCUT2D eigenvalue weighted by molar-refractivity contribution is 6.31. The minimum Gasteiger partial charge on any atom is -0.490 e. The lowest BCUT2D eigenvalue weighted by Gasteiger charge is -2.11. The van der Waals surface area contributed by atoms with Crippen molar-refractivity contribution in [1.29, 1.82) is 0 Å². The van der Waals surface area contributed by atoms with Gasteiger partial charge in [0.2, 0.25) is 0 Å². The Kier molecular flexibility index (Phi) is 5.25. The molecule has 0 aliphatic carbocycles. The molecule has 0 aliphatic heterocycles. The Hall–Kier alpha value is -1.26. The van der Waals surface area contributed by atoms with Gasteiger partial charge in [0.1, 0.15) is 12.4 Å². The lowest BCUT2D eigenvalue weighted by atomic mass is 10.2. The monoisotopic (exact) mass is 257 g/mol. The number of amides is 1. The van der Waals surface area contributed by atoms with Gasteiger partial charge in [0.15, 0.2) is 0 Å². The summed E-state index contributed by atoms with van der Waals surface area (Å²) in [6, 6.07) is 4.76. The van der Waals surface area contributed by atoms with Crippen molar-refractivity contribution in [1.82, 2.24) is 0 Å². The number of carbonyl (C=O) groups excluding carboxylic acids is 1. The molecule has 0 aromatic heterocycles. The third-order valence-corrected chi connectivity index (χ3v) is 2.23. The number of halogens is 1. The molecule has 0 radical (unpaired) electrons. The third-order valence-electron chi connectivity index (χ3n) is 2.00. The molecule has 1 amide bonds. The first-order valence-electron chi connectivity index (χ1n) is 5.34. The van der Waals surface area contributed by atoms with E-state index in [9.17, 15) is 4.79 Å². The van der Waals surface area contributed by atoms with Gasteiger partial charge in [-0.15, -0.1) is 0 Å². The van der Waals surface area contributed by atoms with Crippen LogP contribution in [0.2, 0.25) is 5.02 Å². The first-order chi connectivity index (χ1) is 8.00. The van der Waals surface area contributed by atoms with E-state index in [1.165, 1.54) is 6.07 Å². The van der Waals surface area contributed by atoms with E-state index in [0.717, 1.165) is 0 Å². The summed E-state index contributed by atoms with van der Waals surface area (Å²) in [6.45, 7) is 4.70. The van der Waals surface area contributed by atoms with Crippen LogP contribution < -0.4 is 10.5 Å². The smallest absolute Gasteiger partial charge is 0.252 e. The Bertz CT molecular complexity index is 393. The van der Waals surface area contributed by atoms with Crippen LogP contribution in [0.15, 0.2) is 18.2 Å². The molecule has 1 aromatic rings. The summed E-state index contributed by atoms with van der Waals surface area (Å²) in [5, 5.41) is 0.449. The van der Waals surface area contributed by atoms with Crippen LogP contribution in [0.1, 0.15) is 24.2 Å². The zero-order valence-corrected chi connectivity index (χ0v) is 10.7. The second kappa shape index (κ2) is 6.47. The van der Waals surface area contributed by atoms with Crippen molar-refractivity contribution in [3.8, 4) is 5.75 Å². The second-order valence-corrected chi connectivity index (χ2v) is 4.21.